The highest BCUT2D eigenvalue weighted by Gasteiger charge is 2.39. The normalized spacial score (nSPS) is 15.3. The van der Waals surface area contributed by atoms with Crippen molar-refractivity contribution in [3.8, 4) is 55.9 Å². The summed E-state index contributed by atoms with van der Waals surface area (Å²) in [6.45, 7) is 4.83. The van der Waals surface area contributed by atoms with Gasteiger partial charge in [0.2, 0.25) is 0 Å². The van der Waals surface area contributed by atoms with Crippen LogP contribution >= 0.6 is 0 Å². The number of fused-ring (bicyclic) bond motifs is 13. The minimum atomic E-state index is -0.298. The second kappa shape index (κ2) is 19.9. The monoisotopic (exact) mass is 1140 g/mol. The minimum absolute atomic E-state index is 0.233. The zero-order valence-corrected chi connectivity index (χ0v) is 49.5. The van der Waals surface area contributed by atoms with Gasteiger partial charge in [0, 0.05) is 72.4 Å². The number of hydrogen-bond acceptors (Lipinski definition) is 2. The highest BCUT2D eigenvalue weighted by atomic mass is 15.2. The molecule has 89 heavy (non-hydrogen) atoms. The number of benzene rings is 13. The van der Waals surface area contributed by atoms with Gasteiger partial charge in [0.05, 0.1) is 33.8 Å². The van der Waals surface area contributed by atoms with Gasteiger partial charge in [-0.3, -0.25) is 0 Å². The van der Waals surface area contributed by atoms with Crippen LogP contribution in [-0.4, -0.2) is 15.2 Å². The minimum Gasteiger partial charge on any atom is -0.333 e. The molecule has 3 aliphatic rings. The van der Waals surface area contributed by atoms with Gasteiger partial charge < -0.3 is 18.9 Å². The van der Waals surface area contributed by atoms with Crippen LogP contribution in [0.5, 0.6) is 0 Å². The third kappa shape index (κ3) is 7.93. The molecule has 15 aromatic rings. The quantitative estimate of drug-likeness (QED) is 0.143. The first-order valence-corrected chi connectivity index (χ1v) is 31.1. The maximum atomic E-state index is 2.52. The van der Waals surface area contributed by atoms with E-state index in [1.54, 1.807) is 0 Å². The van der Waals surface area contributed by atoms with Crippen molar-refractivity contribution in [2.24, 2.45) is 0 Å². The van der Waals surface area contributed by atoms with Crippen molar-refractivity contribution in [1.82, 2.24) is 9.13 Å². The second-order valence-electron chi connectivity index (χ2n) is 24.8. The highest BCUT2D eigenvalue weighted by Crippen LogP contribution is 2.54. The fourth-order valence-electron chi connectivity index (χ4n) is 15.4. The molecular weight excluding hydrogens is 1080 g/mol. The molecule has 0 radical (unpaired) electrons. The summed E-state index contributed by atoms with van der Waals surface area (Å²) in [6, 6.07) is 109. The first-order chi connectivity index (χ1) is 43.9. The van der Waals surface area contributed by atoms with E-state index in [1.165, 1.54) is 127 Å². The zero-order valence-electron chi connectivity index (χ0n) is 49.5. The van der Waals surface area contributed by atoms with E-state index in [1.807, 2.05) is 0 Å². The molecule has 0 amide bonds. The van der Waals surface area contributed by atoms with E-state index in [0.29, 0.717) is 5.92 Å². The Bertz CT molecular complexity index is 5410. The average molecular weight is 1140 g/mol. The predicted octanol–water partition coefficient (Wildman–Crippen LogP) is 22.5. The topological polar surface area (TPSA) is 16.3 Å². The second-order valence-corrected chi connectivity index (χ2v) is 24.8. The molecular formula is C85H60N4. The van der Waals surface area contributed by atoms with Gasteiger partial charge in [0.25, 0.3) is 0 Å². The summed E-state index contributed by atoms with van der Waals surface area (Å²) >= 11 is 0. The molecule has 4 heteroatoms. The molecule has 0 fully saturated rings. The predicted molar refractivity (Wildman–Crippen MR) is 375 cm³/mol. The van der Waals surface area contributed by atoms with Crippen LogP contribution in [0.1, 0.15) is 36.5 Å². The Hall–Kier alpha value is -11.2. The molecule has 0 spiro atoms. The summed E-state index contributed by atoms with van der Waals surface area (Å²) in [5, 5.41) is 7.38. The first-order valence-electron chi connectivity index (χ1n) is 31.1. The summed E-state index contributed by atoms with van der Waals surface area (Å²) in [5.74, 6) is 0.299. The van der Waals surface area contributed by atoms with Crippen molar-refractivity contribution in [2.45, 2.75) is 31.2 Å². The fourth-order valence-corrected chi connectivity index (χ4v) is 15.4. The number of para-hydroxylation sites is 5. The smallest absolute Gasteiger partial charge is 0.0629 e. The Balaban J connectivity index is 0.762. The van der Waals surface area contributed by atoms with E-state index in [9.17, 15) is 0 Å². The van der Waals surface area contributed by atoms with Crippen LogP contribution in [0, 0.1) is 0 Å². The van der Waals surface area contributed by atoms with Gasteiger partial charge >= 0.3 is 0 Å². The van der Waals surface area contributed by atoms with Gasteiger partial charge in [-0.25, -0.2) is 0 Å². The van der Waals surface area contributed by atoms with Crippen LogP contribution in [0.3, 0.4) is 0 Å². The molecule has 420 valence electrons. The standard InChI is InChI=1S/C85H60N4/c1-85(2)76-51-56(58-38-45-74-71-29-15-18-32-79(71)89(84(74)53-58)62-24-10-5-11-25-62)36-43-67(76)68-46-42-64(54-77(68)85)86(63-40-34-55(35-41-63)57-37-44-73-70-28-14-17-31-78(70)88(83(73)52-57)61-22-8-4-9-23-61)81-49-47-65(66-26-12-13-27-69(66)81)59-39-48-82-75(50-59)72-30-16-19-33-80(72)87(82)60-20-6-3-7-21-60/h3-54,70,78H,1-2H3. The van der Waals surface area contributed by atoms with Crippen LogP contribution < -0.4 is 9.80 Å². The number of allylic oxidation sites excluding steroid dienone is 2. The maximum Gasteiger partial charge on any atom is 0.0629 e. The van der Waals surface area contributed by atoms with Crippen LogP contribution in [0.25, 0.3) is 110 Å². The lowest BCUT2D eigenvalue weighted by atomic mass is 9.81. The van der Waals surface area contributed by atoms with Gasteiger partial charge in [-0.05, 0) is 176 Å². The molecule has 2 aromatic heterocycles. The van der Waals surface area contributed by atoms with Crippen molar-refractivity contribution >= 4 is 82.8 Å². The average Bonchev–Trinajstić information content (AvgIpc) is 2.36. The summed E-state index contributed by atoms with van der Waals surface area (Å²) in [6.07, 6.45) is 9.11. The van der Waals surface area contributed by atoms with Gasteiger partial charge in [0.1, 0.15) is 0 Å². The summed E-state index contributed by atoms with van der Waals surface area (Å²) < 4.78 is 4.81. The number of rotatable bonds is 9. The number of nitrogens with zero attached hydrogens (tertiary/aromatic N) is 4. The lowest BCUT2D eigenvalue weighted by Crippen LogP contribution is -2.28. The highest BCUT2D eigenvalue weighted by molar-refractivity contribution is 6.13. The van der Waals surface area contributed by atoms with E-state index in [4.69, 9.17) is 0 Å². The maximum absolute atomic E-state index is 2.52. The SMILES string of the molecule is CC1(C)c2cc(-c3ccc4c5ccccc5n(-c5ccccc5)c4c3)ccc2-c2ccc(N(c3ccc(-c4ccc5c(c4)N(c4ccccc4)C4C=CC=CC54)cc3)c3ccc(-c4ccc5c(c4)c4ccccc4n5-c4ccccc4)c4ccccc34)cc21. The molecule has 18 rings (SSSR count). The first kappa shape index (κ1) is 51.1. The van der Waals surface area contributed by atoms with E-state index < -0.39 is 0 Å². The molecule has 13 aromatic carbocycles. The Morgan fingerprint density at radius 1 is 0.326 bits per heavy atom. The van der Waals surface area contributed by atoms with Crippen molar-refractivity contribution < 1.29 is 0 Å². The van der Waals surface area contributed by atoms with Crippen molar-refractivity contribution in [1.29, 1.82) is 0 Å². The molecule has 2 unspecified atom stereocenters. The molecule has 2 aliphatic carbocycles. The van der Waals surface area contributed by atoms with Crippen molar-refractivity contribution in [3.05, 3.63) is 332 Å². The van der Waals surface area contributed by atoms with Crippen LogP contribution in [0.2, 0.25) is 0 Å². The van der Waals surface area contributed by atoms with Gasteiger partial charge in [-0.2, -0.15) is 0 Å². The number of hydrogen-bond donors (Lipinski definition) is 0. The third-order valence-electron chi connectivity index (χ3n) is 19.6. The van der Waals surface area contributed by atoms with Crippen molar-refractivity contribution in [2.75, 3.05) is 9.80 Å². The largest absolute Gasteiger partial charge is 0.333 e. The number of anilines is 5. The summed E-state index contributed by atoms with van der Waals surface area (Å²) in [7, 11) is 0. The summed E-state index contributed by atoms with van der Waals surface area (Å²) in [5.41, 5.74) is 26.4. The Kier molecular flexibility index (Phi) is 11.4. The van der Waals surface area contributed by atoms with Crippen LogP contribution in [-0.2, 0) is 5.41 Å². The zero-order chi connectivity index (χ0) is 58.9. The number of aromatic nitrogens is 2. The van der Waals surface area contributed by atoms with Gasteiger partial charge in [0.15, 0.2) is 0 Å². The molecule has 0 bridgehead atoms. The molecule has 2 atom stereocenters. The summed E-state index contributed by atoms with van der Waals surface area (Å²) in [4.78, 5) is 5.02. The van der Waals surface area contributed by atoms with Gasteiger partial charge in [-0.1, -0.05) is 220 Å². The van der Waals surface area contributed by atoms with Crippen LogP contribution in [0.15, 0.2) is 315 Å². The third-order valence-corrected chi connectivity index (χ3v) is 19.6. The molecule has 3 heterocycles. The Morgan fingerprint density at radius 3 is 1.56 bits per heavy atom. The van der Waals surface area contributed by atoms with E-state index >= 15 is 0 Å². The van der Waals surface area contributed by atoms with E-state index in [0.717, 1.165) is 28.4 Å². The van der Waals surface area contributed by atoms with E-state index in [2.05, 4.69) is 348 Å². The molecule has 0 saturated carbocycles. The lowest BCUT2D eigenvalue weighted by molar-refractivity contribution is 0.660. The van der Waals surface area contributed by atoms with E-state index in [-0.39, 0.29) is 11.5 Å². The molecule has 1 aliphatic heterocycles. The Labute approximate surface area is 518 Å². The molecule has 0 saturated heterocycles. The molecule has 0 N–H and O–H groups in total. The Morgan fingerprint density at radius 2 is 0.831 bits per heavy atom. The van der Waals surface area contributed by atoms with Gasteiger partial charge in [-0.15, -0.1) is 0 Å². The molecule has 4 nitrogen and oxygen atoms in total. The van der Waals surface area contributed by atoms with Crippen molar-refractivity contribution in [3.63, 3.8) is 0 Å². The van der Waals surface area contributed by atoms with Crippen LogP contribution in [0.4, 0.5) is 28.4 Å². The fraction of sp³-hybridized carbons (Fsp3) is 0.0588. The lowest BCUT2D eigenvalue weighted by Gasteiger charge is -2.30.